The molecular formula is C110H76N4. The van der Waals surface area contributed by atoms with Crippen LogP contribution in [0.2, 0.25) is 0 Å². The molecule has 0 N–H and O–H groups in total. The van der Waals surface area contributed by atoms with E-state index in [2.05, 4.69) is 434 Å². The first-order valence-electron chi connectivity index (χ1n) is 39.8. The summed E-state index contributed by atoms with van der Waals surface area (Å²) in [6.45, 7) is 9.50. The summed E-state index contributed by atoms with van der Waals surface area (Å²) in [5.74, 6) is 0. The highest BCUT2D eigenvalue weighted by Gasteiger charge is 2.38. The minimum Gasteiger partial charge on any atom is -0.309 e. The molecule has 24 rings (SSSR count). The van der Waals surface area contributed by atoms with Crippen LogP contribution in [0.4, 0.5) is 0 Å². The predicted molar refractivity (Wildman–Crippen MR) is 482 cm³/mol. The second-order valence-corrected chi connectivity index (χ2v) is 32.4. The molecule has 2 aliphatic carbocycles. The van der Waals surface area contributed by atoms with Gasteiger partial charge in [-0.15, -0.1) is 0 Å². The third kappa shape index (κ3) is 10.0. The molecule has 0 spiro atoms. The van der Waals surface area contributed by atoms with Crippen molar-refractivity contribution in [2.75, 3.05) is 0 Å². The highest BCUT2D eigenvalue weighted by Crippen LogP contribution is 2.54. The van der Waals surface area contributed by atoms with Gasteiger partial charge >= 0.3 is 0 Å². The van der Waals surface area contributed by atoms with Crippen LogP contribution in [0.25, 0.3) is 198 Å². The van der Waals surface area contributed by atoms with E-state index in [1.54, 1.807) is 0 Å². The van der Waals surface area contributed by atoms with E-state index in [4.69, 9.17) is 0 Å². The third-order valence-electron chi connectivity index (χ3n) is 25.4. The number of nitrogens with zero attached hydrogens (tertiary/aromatic N) is 4. The van der Waals surface area contributed by atoms with Gasteiger partial charge in [0.15, 0.2) is 0 Å². The van der Waals surface area contributed by atoms with Gasteiger partial charge in [-0.2, -0.15) is 0 Å². The maximum absolute atomic E-state index is 2.49. The van der Waals surface area contributed by atoms with Crippen molar-refractivity contribution in [3.05, 3.63) is 411 Å². The van der Waals surface area contributed by atoms with Crippen molar-refractivity contribution >= 4 is 109 Å². The molecule has 0 aliphatic heterocycles. The quantitative estimate of drug-likeness (QED) is 0.144. The summed E-state index contributed by atoms with van der Waals surface area (Å²) < 4.78 is 9.80. The molecule has 2 aliphatic rings. The Kier molecular flexibility index (Phi) is 14.4. The van der Waals surface area contributed by atoms with E-state index in [1.165, 1.54) is 209 Å². The average Bonchev–Trinajstić information content (AvgIpc) is 1.55. The van der Waals surface area contributed by atoms with Gasteiger partial charge in [-0.1, -0.05) is 282 Å². The molecule has 0 saturated heterocycles. The van der Waals surface area contributed by atoms with E-state index in [9.17, 15) is 0 Å². The first-order chi connectivity index (χ1) is 56.0. The Labute approximate surface area is 661 Å². The van der Waals surface area contributed by atoms with Crippen LogP contribution in [0.1, 0.15) is 49.9 Å². The van der Waals surface area contributed by atoms with Gasteiger partial charge in [0.1, 0.15) is 0 Å². The number of rotatable bonds is 8. The van der Waals surface area contributed by atoms with Crippen molar-refractivity contribution in [2.24, 2.45) is 0 Å². The lowest BCUT2D eigenvalue weighted by Crippen LogP contribution is -2.14. The Bertz CT molecular complexity index is 7780. The van der Waals surface area contributed by atoms with Crippen molar-refractivity contribution < 1.29 is 0 Å². The maximum Gasteiger partial charge on any atom is 0.0547 e. The van der Waals surface area contributed by atoms with Crippen molar-refractivity contribution in [3.8, 4) is 89.5 Å². The molecule has 114 heavy (non-hydrogen) atoms. The fraction of sp³-hybridized carbons (Fsp3) is 0.0545. The van der Waals surface area contributed by atoms with Gasteiger partial charge in [0.2, 0.25) is 0 Å². The van der Waals surface area contributed by atoms with Crippen LogP contribution < -0.4 is 0 Å². The largest absolute Gasteiger partial charge is 0.309 e. The van der Waals surface area contributed by atoms with Crippen LogP contribution >= 0.6 is 0 Å². The van der Waals surface area contributed by atoms with E-state index in [0.717, 1.165) is 11.4 Å². The SMILES string of the molecule is CC1(C)c2ccccc2-c2cc3c(cc21)c1cc(-c2ccc4c(c2)c2ccccc2n4-c2cccc(-c4ccccc4)c2)ccc1n3-c1ccc2ccccc2c1.CC1(C)c2ccccc2-c2cc3c4cc(-c5ccc6c(c5)c5ccccc5n6-c5cccc(-c6ccccc6)c5)ccc4n(-c4ccc5ccccc5c4)c3cc21. The zero-order valence-corrected chi connectivity index (χ0v) is 63.7. The van der Waals surface area contributed by atoms with Crippen molar-refractivity contribution in [3.63, 3.8) is 0 Å². The lowest BCUT2D eigenvalue weighted by atomic mass is 9.82. The second kappa shape index (κ2) is 25.1. The normalized spacial score (nSPS) is 13.2. The summed E-state index contributed by atoms with van der Waals surface area (Å²) in [7, 11) is 0. The van der Waals surface area contributed by atoms with Crippen LogP contribution in [0.3, 0.4) is 0 Å². The minimum atomic E-state index is -0.0899. The summed E-state index contributed by atoms with van der Waals surface area (Å²) in [5.41, 5.74) is 34.9. The standard InChI is InChI=1S/2C55H38N2/c1-55(2)49-21-10-8-19-43(49)45-34-54-48(33-50(45)55)47-32-40(25-28-53(47)57(54)42-26-23-36-15-6-7-16-37(36)30-42)39-24-27-52-46(31-39)44-20-9-11-22-51(44)56(52)41-18-12-17-38(29-41)35-13-4-3-5-14-35;1-55(2)49-21-10-8-19-43(49)45-33-48-47-32-40(25-28-53(47)57(54(48)34-50(45)55)42-26-23-36-15-6-7-16-37(36)30-42)39-24-27-52-46(31-39)44-20-9-11-22-51(44)56(52)41-18-12-17-38(29-41)35-13-4-3-5-14-35/h2*3-34H,1-2H3. The lowest BCUT2D eigenvalue weighted by molar-refractivity contribution is 0.661. The van der Waals surface area contributed by atoms with E-state index < -0.39 is 0 Å². The van der Waals surface area contributed by atoms with Gasteiger partial charge in [-0.3, -0.25) is 0 Å². The Morgan fingerprint density at radius 3 is 0.939 bits per heavy atom. The van der Waals surface area contributed by atoms with Gasteiger partial charge < -0.3 is 18.3 Å². The smallest absolute Gasteiger partial charge is 0.0547 e. The number of para-hydroxylation sites is 2. The molecule has 4 heteroatoms. The summed E-state index contributed by atoms with van der Waals surface area (Å²) in [4.78, 5) is 0. The Morgan fingerprint density at radius 1 is 0.158 bits per heavy atom. The van der Waals surface area contributed by atoms with Gasteiger partial charge in [0, 0.05) is 76.7 Å². The van der Waals surface area contributed by atoms with Crippen LogP contribution in [0, 0.1) is 0 Å². The fourth-order valence-corrected chi connectivity index (χ4v) is 19.7. The summed E-state index contributed by atoms with van der Waals surface area (Å²) in [5, 5.41) is 15.1. The van der Waals surface area contributed by atoms with E-state index in [1.807, 2.05) is 0 Å². The van der Waals surface area contributed by atoms with Gasteiger partial charge in [-0.05, 0) is 244 Å². The molecule has 0 amide bonds. The highest BCUT2D eigenvalue weighted by atomic mass is 15.0. The molecule has 0 atom stereocenters. The fourth-order valence-electron chi connectivity index (χ4n) is 19.7. The molecule has 536 valence electrons. The number of hydrogen-bond acceptors (Lipinski definition) is 0. The second-order valence-electron chi connectivity index (χ2n) is 32.4. The third-order valence-corrected chi connectivity index (χ3v) is 25.4. The minimum absolute atomic E-state index is 0.0883. The molecule has 4 heterocycles. The predicted octanol–water partition coefficient (Wildman–Crippen LogP) is 29.3. The van der Waals surface area contributed by atoms with E-state index >= 15 is 0 Å². The Balaban J connectivity index is 0.000000135. The monoisotopic (exact) mass is 1450 g/mol. The van der Waals surface area contributed by atoms with E-state index in [0.29, 0.717) is 0 Å². The maximum atomic E-state index is 2.49. The number of aromatic nitrogens is 4. The summed E-state index contributed by atoms with van der Waals surface area (Å²) >= 11 is 0. The van der Waals surface area contributed by atoms with Crippen LogP contribution in [-0.4, -0.2) is 18.3 Å². The molecule has 18 aromatic carbocycles. The van der Waals surface area contributed by atoms with Crippen molar-refractivity contribution in [1.29, 1.82) is 0 Å². The molecular weight excluding hydrogens is 1380 g/mol. The van der Waals surface area contributed by atoms with Crippen molar-refractivity contribution in [1.82, 2.24) is 18.3 Å². The first kappa shape index (κ1) is 65.6. The molecule has 0 unspecified atom stereocenters. The topological polar surface area (TPSA) is 19.7 Å². The summed E-state index contributed by atoms with van der Waals surface area (Å²) in [6, 6.07) is 144. The zero-order chi connectivity index (χ0) is 75.7. The molecule has 0 bridgehead atoms. The van der Waals surface area contributed by atoms with Crippen LogP contribution in [-0.2, 0) is 10.8 Å². The van der Waals surface area contributed by atoms with Gasteiger partial charge in [0.25, 0.3) is 0 Å². The molecule has 0 radical (unpaired) electrons. The molecule has 4 nitrogen and oxygen atoms in total. The van der Waals surface area contributed by atoms with E-state index in [-0.39, 0.29) is 10.8 Å². The van der Waals surface area contributed by atoms with Crippen LogP contribution in [0.15, 0.2) is 388 Å². The van der Waals surface area contributed by atoms with Gasteiger partial charge in [0.05, 0.1) is 44.1 Å². The average molecular weight is 1450 g/mol. The Morgan fingerprint density at radius 2 is 0.474 bits per heavy atom. The summed E-state index contributed by atoms with van der Waals surface area (Å²) in [6.07, 6.45) is 0. The molecule has 4 aromatic heterocycles. The zero-order valence-electron chi connectivity index (χ0n) is 63.7. The van der Waals surface area contributed by atoms with Gasteiger partial charge in [-0.25, -0.2) is 0 Å². The van der Waals surface area contributed by atoms with Crippen LogP contribution in [0.5, 0.6) is 0 Å². The molecule has 0 saturated carbocycles. The van der Waals surface area contributed by atoms with Crippen molar-refractivity contribution in [2.45, 2.75) is 38.5 Å². The Hall–Kier alpha value is -14.3. The first-order valence-corrected chi connectivity index (χ1v) is 39.8. The number of hydrogen-bond donors (Lipinski definition) is 0. The highest BCUT2D eigenvalue weighted by molar-refractivity contribution is 6.17. The molecule has 22 aromatic rings. The molecule has 0 fully saturated rings. The number of fused-ring (bicyclic) bond motifs is 20. The number of benzene rings is 18. The lowest BCUT2D eigenvalue weighted by Gasteiger charge is -2.21.